The summed E-state index contributed by atoms with van der Waals surface area (Å²) in [7, 11) is 0. The third-order valence-electron chi connectivity index (χ3n) is 2.85. The molecule has 0 atom stereocenters. The van der Waals surface area contributed by atoms with E-state index in [0.29, 0.717) is 0 Å². The topological polar surface area (TPSA) is 0 Å². The smallest absolute Gasteiger partial charge is 0.0118 e. The van der Waals surface area contributed by atoms with Crippen LogP contribution in [0.15, 0.2) is 61.7 Å². The lowest BCUT2D eigenvalue weighted by atomic mass is 10.00. The van der Waals surface area contributed by atoms with E-state index < -0.39 is 0 Å². The van der Waals surface area contributed by atoms with Gasteiger partial charge in [-0.3, -0.25) is 0 Å². The molecule has 0 aliphatic rings. The molecule has 0 aliphatic heterocycles. The van der Waals surface area contributed by atoms with Gasteiger partial charge in [0.2, 0.25) is 0 Å². The fourth-order valence-corrected chi connectivity index (χ4v) is 1.91. The van der Waals surface area contributed by atoms with Gasteiger partial charge in [0.25, 0.3) is 0 Å². The van der Waals surface area contributed by atoms with Crippen LogP contribution in [0.5, 0.6) is 0 Å². The molecule has 0 saturated carbocycles. The molecule has 0 aromatic heterocycles. The average molecular weight is 232 g/mol. The molecule has 0 heterocycles. The molecule has 0 aliphatic carbocycles. The Morgan fingerprint density at radius 3 is 2.06 bits per heavy atom. The van der Waals surface area contributed by atoms with Crippen LogP contribution in [0.3, 0.4) is 0 Å². The SMILES string of the molecule is C=Cc1cccc(C=Cc2ccccc2)c1C=C. The summed E-state index contributed by atoms with van der Waals surface area (Å²) in [6, 6.07) is 16.4. The maximum absolute atomic E-state index is 3.87. The number of rotatable bonds is 4. The minimum atomic E-state index is 1.11. The number of benzene rings is 2. The summed E-state index contributed by atoms with van der Waals surface area (Å²) in [6.45, 7) is 7.70. The first-order chi connectivity index (χ1) is 8.85. The average Bonchev–Trinajstić information content (AvgIpc) is 2.45. The molecular formula is C18H16. The van der Waals surface area contributed by atoms with E-state index in [1.165, 1.54) is 5.56 Å². The van der Waals surface area contributed by atoms with Crippen molar-refractivity contribution in [3.63, 3.8) is 0 Å². The molecule has 0 fully saturated rings. The molecule has 2 aromatic carbocycles. The summed E-state index contributed by atoms with van der Waals surface area (Å²) in [5.74, 6) is 0. The Morgan fingerprint density at radius 1 is 0.667 bits per heavy atom. The van der Waals surface area contributed by atoms with E-state index in [1.54, 1.807) is 0 Å². The van der Waals surface area contributed by atoms with E-state index in [2.05, 4.69) is 43.5 Å². The Hall–Kier alpha value is -2.34. The van der Waals surface area contributed by atoms with E-state index in [4.69, 9.17) is 0 Å². The van der Waals surface area contributed by atoms with Crippen LogP contribution in [0.4, 0.5) is 0 Å². The molecule has 2 aromatic rings. The van der Waals surface area contributed by atoms with E-state index >= 15 is 0 Å². The standard InChI is InChI=1S/C18H16/c1-3-16-11-8-12-17(18(16)4-2)14-13-15-9-6-5-7-10-15/h3-14H,1-2H2. The zero-order valence-corrected chi connectivity index (χ0v) is 10.3. The van der Waals surface area contributed by atoms with Crippen LogP contribution in [0, 0.1) is 0 Å². The number of hydrogen-bond acceptors (Lipinski definition) is 0. The molecule has 88 valence electrons. The quantitative estimate of drug-likeness (QED) is 0.640. The molecule has 2 rings (SSSR count). The van der Waals surface area contributed by atoms with E-state index in [-0.39, 0.29) is 0 Å². The maximum Gasteiger partial charge on any atom is -0.0118 e. The maximum atomic E-state index is 3.87. The molecule has 0 nitrogen and oxygen atoms in total. The van der Waals surface area contributed by atoms with Crippen LogP contribution in [0.25, 0.3) is 24.3 Å². The van der Waals surface area contributed by atoms with Crippen molar-refractivity contribution in [2.75, 3.05) is 0 Å². The zero-order valence-electron chi connectivity index (χ0n) is 10.3. The molecule has 0 spiro atoms. The van der Waals surface area contributed by atoms with Gasteiger partial charge >= 0.3 is 0 Å². The van der Waals surface area contributed by atoms with Crippen molar-refractivity contribution < 1.29 is 0 Å². The highest BCUT2D eigenvalue weighted by molar-refractivity contribution is 5.78. The molecule has 0 unspecified atom stereocenters. The Bertz CT molecular complexity index is 574. The molecule has 0 radical (unpaired) electrons. The van der Waals surface area contributed by atoms with Gasteiger partial charge in [0, 0.05) is 0 Å². The lowest BCUT2D eigenvalue weighted by Crippen LogP contribution is -1.85. The molecule has 0 amide bonds. The van der Waals surface area contributed by atoms with Crippen molar-refractivity contribution in [3.05, 3.63) is 83.9 Å². The van der Waals surface area contributed by atoms with Gasteiger partial charge < -0.3 is 0 Å². The molecule has 18 heavy (non-hydrogen) atoms. The molecular weight excluding hydrogens is 216 g/mol. The first-order valence-electron chi connectivity index (χ1n) is 5.96. The summed E-state index contributed by atoms with van der Waals surface area (Å²) in [6.07, 6.45) is 7.95. The molecule has 0 bridgehead atoms. The van der Waals surface area contributed by atoms with Gasteiger partial charge in [-0.1, -0.05) is 86.0 Å². The first kappa shape index (κ1) is 12.1. The highest BCUT2D eigenvalue weighted by Crippen LogP contribution is 2.19. The van der Waals surface area contributed by atoms with Gasteiger partial charge in [0.05, 0.1) is 0 Å². The Kier molecular flexibility index (Phi) is 3.93. The van der Waals surface area contributed by atoms with Gasteiger partial charge in [-0.25, -0.2) is 0 Å². The highest BCUT2D eigenvalue weighted by atomic mass is 14.0. The Morgan fingerprint density at radius 2 is 1.39 bits per heavy atom. The molecule has 0 saturated heterocycles. The fourth-order valence-electron chi connectivity index (χ4n) is 1.91. The van der Waals surface area contributed by atoms with Gasteiger partial charge in [-0.05, 0) is 22.3 Å². The van der Waals surface area contributed by atoms with E-state index in [0.717, 1.165) is 16.7 Å². The second kappa shape index (κ2) is 5.83. The minimum Gasteiger partial charge on any atom is -0.0984 e. The predicted molar refractivity (Wildman–Crippen MR) is 82.0 cm³/mol. The lowest BCUT2D eigenvalue weighted by Gasteiger charge is -2.05. The second-order valence-electron chi connectivity index (χ2n) is 4.00. The first-order valence-corrected chi connectivity index (χ1v) is 5.96. The summed E-state index contributed by atoms with van der Waals surface area (Å²) in [4.78, 5) is 0. The van der Waals surface area contributed by atoms with Crippen molar-refractivity contribution in [1.82, 2.24) is 0 Å². The number of hydrogen-bond donors (Lipinski definition) is 0. The third-order valence-corrected chi connectivity index (χ3v) is 2.85. The van der Waals surface area contributed by atoms with Crippen LogP contribution in [0.2, 0.25) is 0 Å². The molecule has 0 heteroatoms. The van der Waals surface area contributed by atoms with Gasteiger partial charge in [-0.2, -0.15) is 0 Å². The highest BCUT2D eigenvalue weighted by Gasteiger charge is 1.99. The van der Waals surface area contributed by atoms with Crippen molar-refractivity contribution >= 4 is 24.3 Å². The van der Waals surface area contributed by atoms with Crippen molar-refractivity contribution in [2.24, 2.45) is 0 Å². The van der Waals surface area contributed by atoms with Gasteiger partial charge in [0.1, 0.15) is 0 Å². The largest absolute Gasteiger partial charge is 0.0984 e. The predicted octanol–water partition coefficient (Wildman–Crippen LogP) is 5.14. The third kappa shape index (κ3) is 2.67. The van der Waals surface area contributed by atoms with Crippen LogP contribution < -0.4 is 0 Å². The monoisotopic (exact) mass is 232 g/mol. The van der Waals surface area contributed by atoms with E-state index in [9.17, 15) is 0 Å². The van der Waals surface area contributed by atoms with Crippen LogP contribution in [0.1, 0.15) is 22.3 Å². The Balaban J connectivity index is 2.38. The summed E-state index contributed by atoms with van der Waals surface area (Å²) >= 11 is 0. The lowest BCUT2D eigenvalue weighted by molar-refractivity contribution is 1.58. The Labute approximate surface area is 109 Å². The summed E-state index contributed by atoms with van der Waals surface area (Å²) in [5, 5.41) is 0. The van der Waals surface area contributed by atoms with Crippen molar-refractivity contribution in [2.45, 2.75) is 0 Å². The van der Waals surface area contributed by atoms with Crippen molar-refractivity contribution in [1.29, 1.82) is 0 Å². The fraction of sp³-hybridized carbons (Fsp3) is 0. The summed E-state index contributed by atoms with van der Waals surface area (Å²) < 4.78 is 0. The summed E-state index contributed by atoms with van der Waals surface area (Å²) in [5.41, 5.74) is 4.59. The zero-order chi connectivity index (χ0) is 12.8. The minimum absolute atomic E-state index is 1.11. The van der Waals surface area contributed by atoms with E-state index in [1.807, 2.05) is 42.5 Å². The van der Waals surface area contributed by atoms with Crippen LogP contribution >= 0.6 is 0 Å². The molecule has 0 N–H and O–H groups in total. The second-order valence-corrected chi connectivity index (χ2v) is 4.00. The van der Waals surface area contributed by atoms with Gasteiger partial charge in [0.15, 0.2) is 0 Å². The van der Waals surface area contributed by atoms with Crippen LogP contribution in [-0.4, -0.2) is 0 Å². The van der Waals surface area contributed by atoms with Gasteiger partial charge in [-0.15, -0.1) is 0 Å². The van der Waals surface area contributed by atoms with Crippen LogP contribution in [-0.2, 0) is 0 Å². The normalized spacial score (nSPS) is 10.4. The van der Waals surface area contributed by atoms with Crippen molar-refractivity contribution in [3.8, 4) is 0 Å².